The first-order chi connectivity index (χ1) is 15.5. The average Bonchev–Trinajstić information content (AvgIpc) is 3.32. The van der Waals surface area contributed by atoms with E-state index in [9.17, 15) is 18.8 Å². The van der Waals surface area contributed by atoms with Crippen LogP contribution in [0.15, 0.2) is 70.8 Å². The Bertz CT molecular complexity index is 1350. The van der Waals surface area contributed by atoms with Crippen LogP contribution in [0.2, 0.25) is 0 Å². The van der Waals surface area contributed by atoms with Gasteiger partial charge < -0.3 is 5.32 Å². The molecule has 0 bridgehead atoms. The highest BCUT2D eigenvalue weighted by Crippen LogP contribution is 2.15. The highest BCUT2D eigenvalue weighted by molar-refractivity contribution is 5.75. The molecule has 162 valence electrons. The fourth-order valence-corrected chi connectivity index (χ4v) is 2.88. The molecule has 0 saturated heterocycles. The smallest absolute Gasteiger partial charge is 0.267 e. The minimum atomic E-state index is -0.462. The Balaban J connectivity index is 1.39. The normalized spacial score (nSPS) is 10.8. The van der Waals surface area contributed by atoms with Crippen LogP contribution in [-0.2, 0) is 17.9 Å². The van der Waals surface area contributed by atoms with Crippen molar-refractivity contribution in [2.24, 2.45) is 0 Å². The first-order valence-corrected chi connectivity index (χ1v) is 9.53. The van der Waals surface area contributed by atoms with Crippen molar-refractivity contribution in [3.63, 3.8) is 0 Å². The van der Waals surface area contributed by atoms with Gasteiger partial charge in [0.2, 0.25) is 5.91 Å². The van der Waals surface area contributed by atoms with Crippen LogP contribution in [0.5, 0.6) is 0 Å². The van der Waals surface area contributed by atoms with Gasteiger partial charge in [-0.3, -0.25) is 14.4 Å². The summed E-state index contributed by atoms with van der Waals surface area (Å²) in [6.45, 7) is -0.0841. The molecule has 32 heavy (non-hydrogen) atoms. The standard InChI is InChI=1S/C20H17FN8O3/c21-15-3-1-14(2-4-15)16-5-7-20(32)28(25-16)11-18(30)23-9-10-27-19(31)8-6-17(26-27)29-13-22-12-24-29/h1-8,12-13H,9-11H2,(H,23,30). The van der Waals surface area contributed by atoms with Crippen LogP contribution < -0.4 is 16.4 Å². The van der Waals surface area contributed by atoms with Gasteiger partial charge in [-0.25, -0.2) is 23.4 Å². The van der Waals surface area contributed by atoms with Crippen molar-refractivity contribution in [1.29, 1.82) is 0 Å². The number of hydrogen-bond donors (Lipinski definition) is 1. The number of halogens is 1. The highest BCUT2D eigenvalue weighted by Gasteiger charge is 2.09. The van der Waals surface area contributed by atoms with Gasteiger partial charge in [-0.15, -0.1) is 5.10 Å². The van der Waals surface area contributed by atoms with Gasteiger partial charge in [0, 0.05) is 24.2 Å². The molecule has 0 atom stereocenters. The van der Waals surface area contributed by atoms with Crippen molar-refractivity contribution >= 4 is 5.91 Å². The molecule has 1 N–H and O–H groups in total. The zero-order chi connectivity index (χ0) is 22.5. The summed E-state index contributed by atoms with van der Waals surface area (Å²) in [6, 6.07) is 11.3. The Morgan fingerprint density at radius 2 is 1.69 bits per heavy atom. The summed E-state index contributed by atoms with van der Waals surface area (Å²) in [6.07, 6.45) is 2.79. The van der Waals surface area contributed by atoms with E-state index in [1.165, 1.54) is 70.5 Å². The molecule has 0 spiro atoms. The van der Waals surface area contributed by atoms with Gasteiger partial charge >= 0.3 is 0 Å². The summed E-state index contributed by atoms with van der Waals surface area (Å²) < 4.78 is 16.7. The number of rotatable bonds is 7. The van der Waals surface area contributed by atoms with Gasteiger partial charge in [-0.1, -0.05) is 0 Å². The lowest BCUT2D eigenvalue weighted by atomic mass is 10.1. The third kappa shape index (κ3) is 4.80. The first-order valence-electron chi connectivity index (χ1n) is 9.53. The quantitative estimate of drug-likeness (QED) is 0.432. The third-order valence-electron chi connectivity index (χ3n) is 4.45. The molecule has 0 saturated carbocycles. The van der Waals surface area contributed by atoms with Crippen molar-refractivity contribution in [1.82, 2.24) is 39.6 Å². The van der Waals surface area contributed by atoms with Gasteiger partial charge in [-0.05, 0) is 36.4 Å². The lowest BCUT2D eigenvalue weighted by Crippen LogP contribution is -2.36. The molecule has 0 fully saturated rings. The number of aromatic nitrogens is 7. The van der Waals surface area contributed by atoms with E-state index >= 15 is 0 Å². The van der Waals surface area contributed by atoms with Crippen molar-refractivity contribution in [3.8, 4) is 17.1 Å². The van der Waals surface area contributed by atoms with Crippen LogP contribution in [-0.4, -0.2) is 46.8 Å². The van der Waals surface area contributed by atoms with Gasteiger partial charge in [-0.2, -0.15) is 10.2 Å². The predicted octanol–water partition coefficient (Wildman–Crippen LogP) is 0.00320. The highest BCUT2D eigenvalue weighted by atomic mass is 19.1. The molecule has 0 aliphatic heterocycles. The summed E-state index contributed by atoms with van der Waals surface area (Å²) >= 11 is 0. The Morgan fingerprint density at radius 1 is 0.938 bits per heavy atom. The minimum Gasteiger partial charge on any atom is -0.353 e. The molecule has 12 heteroatoms. The SMILES string of the molecule is O=C(Cn1nc(-c2ccc(F)cc2)ccc1=O)NCCn1nc(-n2cncn2)ccc1=O. The second-order valence-corrected chi connectivity index (χ2v) is 6.66. The molecular weight excluding hydrogens is 419 g/mol. The molecule has 1 aromatic carbocycles. The zero-order valence-electron chi connectivity index (χ0n) is 16.6. The third-order valence-corrected chi connectivity index (χ3v) is 4.45. The number of nitrogens with zero attached hydrogens (tertiary/aromatic N) is 7. The molecule has 1 amide bonds. The minimum absolute atomic E-state index is 0.110. The van der Waals surface area contributed by atoms with Crippen LogP contribution in [0.3, 0.4) is 0 Å². The van der Waals surface area contributed by atoms with Crippen LogP contribution in [0, 0.1) is 5.82 Å². The second kappa shape index (κ2) is 9.12. The van der Waals surface area contributed by atoms with Gasteiger partial charge in [0.15, 0.2) is 5.82 Å². The average molecular weight is 436 g/mol. The maximum absolute atomic E-state index is 13.1. The monoisotopic (exact) mass is 436 g/mol. The topological polar surface area (TPSA) is 130 Å². The molecule has 0 unspecified atom stereocenters. The number of carbonyl (C=O) groups excluding carboxylic acids is 1. The van der Waals surface area contributed by atoms with Crippen molar-refractivity contribution in [3.05, 3.63) is 87.7 Å². The Labute approximate surface area is 179 Å². The Morgan fingerprint density at radius 3 is 2.44 bits per heavy atom. The van der Waals surface area contributed by atoms with Gasteiger partial charge in [0.05, 0.1) is 12.2 Å². The molecule has 0 aliphatic carbocycles. The first kappa shape index (κ1) is 20.8. The largest absolute Gasteiger partial charge is 0.353 e. The van der Waals surface area contributed by atoms with Crippen molar-refractivity contribution in [2.45, 2.75) is 13.1 Å². The van der Waals surface area contributed by atoms with E-state index in [2.05, 4.69) is 25.6 Å². The fraction of sp³-hybridized carbons (Fsp3) is 0.150. The summed E-state index contributed by atoms with van der Waals surface area (Å²) in [5.74, 6) is -0.444. The molecule has 3 heterocycles. The van der Waals surface area contributed by atoms with E-state index in [0.717, 1.165) is 4.68 Å². The van der Waals surface area contributed by atoms with Crippen molar-refractivity contribution in [2.75, 3.05) is 6.54 Å². The zero-order valence-corrected chi connectivity index (χ0v) is 16.6. The second-order valence-electron chi connectivity index (χ2n) is 6.66. The van der Waals surface area contributed by atoms with Crippen LogP contribution >= 0.6 is 0 Å². The molecule has 0 radical (unpaired) electrons. The molecule has 4 aromatic rings. The molecule has 4 rings (SSSR count). The molecule has 3 aromatic heterocycles. The summed E-state index contributed by atoms with van der Waals surface area (Å²) in [5, 5.41) is 14.9. The predicted molar refractivity (Wildman–Crippen MR) is 110 cm³/mol. The Hall–Kier alpha value is -4.48. The van der Waals surface area contributed by atoms with E-state index in [4.69, 9.17) is 0 Å². The molecule has 11 nitrogen and oxygen atoms in total. The van der Waals surface area contributed by atoms with Crippen LogP contribution in [0.1, 0.15) is 0 Å². The lowest BCUT2D eigenvalue weighted by Gasteiger charge is -2.09. The number of amides is 1. The van der Waals surface area contributed by atoms with Gasteiger partial charge in [0.25, 0.3) is 11.1 Å². The lowest BCUT2D eigenvalue weighted by molar-refractivity contribution is -0.121. The maximum atomic E-state index is 13.1. The summed E-state index contributed by atoms with van der Waals surface area (Å²) in [4.78, 5) is 40.2. The van der Waals surface area contributed by atoms with Gasteiger partial charge in [0.1, 0.15) is 25.0 Å². The van der Waals surface area contributed by atoms with E-state index in [-0.39, 0.29) is 31.0 Å². The van der Waals surface area contributed by atoms with E-state index in [0.29, 0.717) is 17.1 Å². The number of benzene rings is 1. The van der Waals surface area contributed by atoms with E-state index in [1.807, 2.05) is 0 Å². The van der Waals surface area contributed by atoms with Crippen molar-refractivity contribution < 1.29 is 9.18 Å². The molecular formula is C20H17FN8O3. The van der Waals surface area contributed by atoms with E-state index < -0.39 is 11.5 Å². The van der Waals surface area contributed by atoms with Crippen LogP contribution in [0.4, 0.5) is 4.39 Å². The number of carbonyl (C=O) groups is 1. The Kier molecular flexibility index (Phi) is 5.92. The molecule has 0 aliphatic rings. The van der Waals surface area contributed by atoms with E-state index in [1.54, 1.807) is 0 Å². The summed E-state index contributed by atoms with van der Waals surface area (Å²) in [7, 11) is 0. The fourth-order valence-electron chi connectivity index (χ4n) is 2.88. The maximum Gasteiger partial charge on any atom is 0.267 e. The van der Waals surface area contributed by atoms with Crippen LogP contribution in [0.25, 0.3) is 17.1 Å². The number of nitrogens with one attached hydrogen (secondary N) is 1. The number of hydrogen-bond acceptors (Lipinski definition) is 7. The summed E-state index contributed by atoms with van der Waals surface area (Å²) in [5.41, 5.74) is 0.244.